The van der Waals surface area contributed by atoms with Gasteiger partial charge in [-0.05, 0) is 31.4 Å². The van der Waals surface area contributed by atoms with E-state index in [2.05, 4.69) is 11.1 Å². The van der Waals surface area contributed by atoms with E-state index in [4.69, 9.17) is 0 Å². The molecule has 19 heavy (non-hydrogen) atoms. The lowest BCUT2D eigenvalue weighted by molar-refractivity contribution is -0.133. The van der Waals surface area contributed by atoms with Crippen LogP contribution in [-0.4, -0.2) is 34.1 Å². The topological polar surface area (TPSA) is 57.0 Å². The van der Waals surface area contributed by atoms with Gasteiger partial charge in [-0.15, -0.1) is 11.8 Å². The van der Waals surface area contributed by atoms with Gasteiger partial charge in [0, 0.05) is 19.0 Å². The van der Waals surface area contributed by atoms with Crippen molar-refractivity contribution in [3.8, 4) is 6.07 Å². The summed E-state index contributed by atoms with van der Waals surface area (Å²) < 4.78 is 0. The molecule has 0 N–H and O–H groups in total. The third kappa shape index (κ3) is 3.07. The van der Waals surface area contributed by atoms with Crippen molar-refractivity contribution in [2.75, 3.05) is 12.8 Å². The molecule has 100 valence electrons. The number of nitriles is 1. The van der Waals surface area contributed by atoms with Gasteiger partial charge in [0.15, 0.2) is 0 Å². The number of amides is 1. The van der Waals surface area contributed by atoms with Gasteiger partial charge in [-0.1, -0.05) is 6.07 Å². The number of carbonyl (C=O) groups excluding carboxylic acids is 1. The summed E-state index contributed by atoms with van der Waals surface area (Å²) in [6.45, 7) is 0. The highest BCUT2D eigenvalue weighted by Gasteiger charge is 2.43. The Morgan fingerprint density at radius 1 is 1.58 bits per heavy atom. The number of pyridine rings is 1. The van der Waals surface area contributed by atoms with Crippen molar-refractivity contribution in [2.45, 2.75) is 30.6 Å². The Labute approximate surface area is 117 Å². The zero-order valence-corrected chi connectivity index (χ0v) is 11.8. The normalized spacial score (nSPS) is 16.2. The Morgan fingerprint density at radius 2 is 2.37 bits per heavy atom. The van der Waals surface area contributed by atoms with Crippen molar-refractivity contribution in [2.24, 2.45) is 0 Å². The van der Waals surface area contributed by atoms with E-state index in [-0.39, 0.29) is 5.91 Å². The molecule has 1 aromatic heterocycles. The summed E-state index contributed by atoms with van der Waals surface area (Å²) in [5, 5.41) is 9.20. The van der Waals surface area contributed by atoms with E-state index in [1.807, 2.05) is 18.2 Å². The van der Waals surface area contributed by atoms with Crippen molar-refractivity contribution in [1.29, 1.82) is 5.26 Å². The summed E-state index contributed by atoms with van der Waals surface area (Å²) in [7, 11) is 1.74. The van der Waals surface area contributed by atoms with E-state index in [0.29, 0.717) is 5.75 Å². The fourth-order valence-corrected chi connectivity index (χ4v) is 2.95. The Hall–Kier alpha value is -1.54. The molecular weight excluding hydrogens is 258 g/mol. The summed E-state index contributed by atoms with van der Waals surface area (Å²) in [5.41, 5.74) is 0.435. The molecule has 0 unspecified atom stereocenters. The Kier molecular flexibility index (Phi) is 4.43. The largest absolute Gasteiger partial charge is 0.326 e. The van der Waals surface area contributed by atoms with Gasteiger partial charge >= 0.3 is 0 Å². The molecule has 0 atom stereocenters. The summed E-state index contributed by atoms with van der Waals surface area (Å²) in [6.07, 6.45) is 4.39. The molecule has 0 aliphatic heterocycles. The molecule has 1 aliphatic carbocycles. The van der Waals surface area contributed by atoms with Crippen LogP contribution >= 0.6 is 11.8 Å². The van der Waals surface area contributed by atoms with Crippen molar-refractivity contribution in [1.82, 2.24) is 9.88 Å². The highest BCUT2D eigenvalue weighted by Crippen LogP contribution is 2.36. The Morgan fingerprint density at radius 3 is 2.89 bits per heavy atom. The van der Waals surface area contributed by atoms with E-state index in [1.165, 1.54) is 0 Å². The van der Waals surface area contributed by atoms with E-state index in [1.54, 1.807) is 29.9 Å². The maximum absolute atomic E-state index is 12.1. The highest BCUT2D eigenvalue weighted by atomic mass is 32.2. The van der Waals surface area contributed by atoms with Gasteiger partial charge in [-0.25, -0.2) is 0 Å². The molecule has 4 nitrogen and oxygen atoms in total. The third-order valence-corrected chi connectivity index (χ3v) is 4.56. The Balaban J connectivity index is 1.80. The molecule has 1 amide bonds. The van der Waals surface area contributed by atoms with Crippen LogP contribution in [0.25, 0.3) is 0 Å². The van der Waals surface area contributed by atoms with Crippen molar-refractivity contribution in [3.05, 3.63) is 30.1 Å². The van der Waals surface area contributed by atoms with Gasteiger partial charge in [0.2, 0.25) is 5.91 Å². The molecule has 1 heterocycles. The van der Waals surface area contributed by atoms with Crippen LogP contribution in [0.4, 0.5) is 0 Å². The molecule has 0 radical (unpaired) electrons. The van der Waals surface area contributed by atoms with Crippen LogP contribution in [0.2, 0.25) is 0 Å². The zero-order chi connectivity index (χ0) is 13.7. The lowest BCUT2D eigenvalue weighted by Crippen LogP contribution is -2.53. The van der Waals surface area contributed by atoms with Crippen LogP contribution in [0.5, 0.6) is 0 Å². The molecule has 1 saturated carbocycles. The minimum absolute atomic E-state index is 0.0298. The van der Waals surface area contributed by atoms with Gasteiger partial charge < -0.3 is 4.90 Å². The first-order valence-electron chi connectivity index (χ1n) is 6.33. The highest BCUT2D eigenvalue weighted by molar-refractivity contribution is 7.99. The van der Waals surface area contributed by atoms with Crippen molar-refractivity contribution < 1.29 is 4.79 Å². The average molecular weight is 275 g/mol. The van der Waals surface area contributed by atoms with Crippen LogP contribution < -0.4 is 0 Å². The van der Waals surface area contributed by atoms with E-state index >= 15 is 0 Å². The maximum atomic E-state index is 12.1. The molecule has 0 aromatic carbocycles. The SMILES string of the molecule is CN(C(=O)CSCc1ccccn1)C1(C#N)CCC1. The van der Waals surface area contributed by atoms with Crippen molar-refractivity contribution in [3.63, 3.8) is 0 Å². The predicted molar refractivity (Wildman–Crippen MR) is 75.4 cm³/mol. The number of rotatable bonds is 5. The quantitative estimate of drug-likeness (QED) is 0.826. The lowest BCUT2D eigenvalue weighted by Gasteiger charge is -2.42. The molecule has 1 aromatic rings. The zero-order valence-electron chi connectivity index (χ0n) is 11.0. The number of thioether (sulfide) groups is 1. The third-order valence-electron chi connectivity index (χ3n) is 3.61. The van der Waals surface area contributed by atoms with E-state index < -0.39 is 5.54 Å². The van der Waals surface area contributed by atoms with Crippen molar-refractivity contribution >= 4 is 17.7 Å². The maximum Gasteiger partial charge on any atom is 0.233 e. The van der Waals surface area contributed by atoms with Crippen LogP contribution in [0, 0.1) is 11.3 Å². The second kappa shape index (κ2) is 6.07. The molecule has 1 aliphatic rings. The molecule has 2 rings (SSSR count). The van der Waals surface area contributed by atoms with Gasteiger partial charge in [-0.2, -0.15) is 5.26 Å². The van der Waals surface area contributed by atoms with Crippen LogP contribution in [0.3, 0.4) is 0 Å². The fourth-order valence-electron chi connectivity index (χ4n) is 2.10. The Bertz CT molecular complexity index is 479. The standard InChI is InChI=1S/C14H17N3OS/c1-17(14(11-15)6-4-7-14)13(18)10-19-9-12-5-2-3-8-16-12/h2-3,5,8H,4,6-7,9-10H2,1H3. The number of nitrogens with zero attached hydrogens (tertiary/aromatic N) is 3. The smallest absolute Gasteiger partial charge is 0.233 e. The first-order valence-corrected chi connectivity index (χ1v) is 7.49. The number of hydrogen-bond acceptors (Lipinski definition) is 4. The minimum atomic E-state index is -0.539. The van der Waals surface area contributed by atoms with Crippen LogP contribution in [-0.2, 0) is 10.5 Å². The molecule has 0 spiro atoms. The number of carbonyl (C=O) groups is 1. The average Bonchev–Trinajstić information content (AvgIpc) is 2.39. The van der Waals surface area contributed by atoms with Gasteiger partial charge in [-0.3, -0.25) is 9.78 Å². The fraction of sp³-hybridized carbons (Fsp3) is 0.500. The summed E-state index contributed by atoms with van der Waals surface area (Å²) in [4.78, 5) is 17.9. The second-order valence-electron chi connectivity index (χ2n) is 4.76. The predicted octanol–water partition coefficient (Wildman–Crippen LogP) is 2.22. The minimum Gasteiger partial charge on any atom is -0.326 e. The monoisotopic (exact) mass is 275 g/mol. The van der Waals surface area contributed by atoms with E-state index in [9.17, 15) is 10.1 Å². The van der Waals surface area contributed by atoms with E-state index in [0.717, 1.165) is 30.7 Å². The number of aromatic nitrogens is 1. The second-order valence-corrected chi connectivity index (χ2v) is 5.75. The van der Waals surface area contributed by atoms with Crippen LogP contribution in [0.15, 0.2) is 24.4 Å². The molecule has 5 heteroatoms. The molecule has 0 bridgehead atoms. The molecule has 0 saturated heterocycles. The van der Waals surface area contributed by atoms with Gasteiger partial charge in [0.1, 0.15) is 5.54 Å². The molecule has 1 fully saturated rings. The summed E-state index contributed by atoms with van der Waals surface area (Å²) in [6, 6.07) is 8.05. The summed E-state index contributed by atoms with van der Waals surface area (Å²) >= 11 is 1.54. The van der Waals surface area contributed by atoms with Gasteiger partial charge in [0.05, 0.1) is 17.5 Å². The summed E-state index contributed by atoms with van der Waals surface area (Å²) in [5.74, 6) is 1.15. The van der Waals surface area contributed by atoms with Crippen LogP contribution in [0.1, 0.15) is 25.0 Å². The number of hydrogen-bond donors (Lipinski definition) is 0. The van der Waals surface area contributed by atoms with Gasteiger partial charge in [0.25, 0.3) is 0 Å². The first kappa shape index (κ1) is 13.9. The molecular formula is C14H17N3OS. The lowest BCUT2D eigenvalue weighted by atomic mass is 9.77. The first-order chi connectivity index (χ1) is 9.18.